The molecule has 0 aliphatic carbocycles. The van der Waals surface area contributed by atoms with Crippen molar-refractivity contribution in [3.8, 4) is 0 Å². The van der Waals surface area contributed by atoms with Gasteiger partial charge in [0.2, 0.25) is 0 Å². The number of benzene rings is 1. The molecule has 0 atom stereocenters. The van der Waals surface area contributed by atoms with Gasteiger partial charge in [0.1, 0.15) is 11.5 Å². The first-order valence-electron chi connectivity index (χ1n) is 8.63. The lowest BCUT2D eigenvalue weighted by Crippen LogP contribution is -2.33. The summed E-state index contributed by atoms with van der Waals surface area (Å²) in [7, 11) is 1.32. The first-order chi connectivity index (χ1) is 12.6. The van der Waals surface area contributed by atoms with Crippen LogP contribution >= 0.6 is 0 Å². The second-order valence-corrected chi connectivity index (χ2v) is 6.45. The van der Waals surface area contributed by atoms with Crippen molar-refractivity contribution in [1.82, 2.24) is 9.97 Å². The van der Waals surface area contributed by atoms with Crippen LogP contribution in [0.15, 0.2) is 36.7 Å². The van der Waals surface area contributed by atoms with Gasteiger partial charge in [0.25, 0.3) is 5.91 Å². The molecule has 0 saturated carbocycles. The third kappa shape index (κ3) is 4.17. The number of hydrogen-bond donors (Lipinski definition) is 1. The summed E-state index contributed by atoms with van der Waals surface area (Å²) in [6.07, 6.45) is 5.42. The van der Waals surface area contributed by atoms with Gasteiger partial charge in [-0.25, -0.2) is 14.8 Å². The minimum Gasteiger partial charge on any atom is -0.465 e. The maximum atomic E-state index is 12.3. The summed E-state index contributed by atoms with van der Waals surface area (Å²) in [6, 6.07) is 6.46. The predicted molar refractivity (Wildman–Crippen MR) is 98.4 cm³/mol. The van der Waals surface area contributed by atoms with Crippen molar-refractivity contribution in [3.05, 3.63) is 47.9 Å². The van der Waals surface area contributed by atoms with Crippen LogP contribution < -0.4 is 10.2 Å². The Morgan fingerprint density at radius 3 is 2.38 bits per heavy atom. The molecular formula is C19H22N4O3. The van der Waals surface area contributed by atoms with Crippen molar-refractivity contribution in [2.45, 2.75) is 19.8 Å². The Bertz CT molecular complexity index is 766. The molecule has 2 aromatic rings. The molecule has 1 amide bonds. The van der Waals surface area contributed by atoms with Crippen LogP contribution in [-0.2, 0) is 4.74 Å². The minimum absolute atomic E-state index is 0.246. The first kappa shape index (κ1) is 17.8. The van der Waals surface area contributed by atoms with Gasteiger partial charge in [0, 0.05) is 18.8 Å². The number of anilines is 2. The standard InChI is InChI=1S/C19H22N4O3/c1-13-7-9-23(10-8-13)17-12-20-16(11-21-17)18(24)22-15-5-3-14(4-6-15)19(25)26-2/h3-6,11-13H,7-10H2,1-2H3,(H,22,24). The molecule has 1 N–H and O–H groups in total. The van der Waals surface area contributed by atoms with Crippen LogP contribution in [0.5, 0.6) is 0 Å². The number of aromatic nitrogens is 2. The highest BCUT2D eigenvalue weighted by molar-refractivity contribution is 6.03. The molecule has 1 aliphatic rings. The Morgan fingerprint density at radius 2 is 1.81 bits per heavy atom. The van der Waals surface area contributed by atoms with Crippen LogP contribution in [0.25, 0.3) is 0 Å². The highest BCUT2D eigenvalue weighted by Crippen LogP contribution is 2.20. The number of amides is 1. The molecule has 7 nitrogen and oxygen atoms in total. The zero-order chi connectivity index (χ0) is 18.5. The number of piperidine rings is 1. The van der Waals surface area contributed by atoms with E-state index in [0.29, 0.717) is 11.3 Å². The molecule has 26 heavy (non-hydrogen) atoms. The van der Waals surface area contributed by atoms with Crippen LogP contribution in [0.3, 0.4) is 0 Å². The molecule has 1 saturated heterocycles. The number of hydrogen-bond acceptors (Lipinski definition) is 6. The summed E-state index contributed by atoms with van der Waals surface area (Å²) in [6.45, 7) is 4.19. The zero-order valence-electron chi connectivity index (χ0n) is 14.9. The van der Waals surface area contributed by atoms with E-state index in [1.165, 1.54) is 13.3 Å². The molecule has 0 unspecified atom stereocenters. The van der Waals surface area contributed by atoms with Crippen molar-refractivity contribution < 1.29 is 14.3 Å². The average molecular weight is 354 g/mol. The van der Waals surface area contributed by atoms with Crippen molar-refractivity contribution in [1.29, 1.82) is 0 Å². The fourth-order valence-electron chi connectivity index (χ4n) is 2.84. The third-order valence-electron chi connectivity index (χ3n) is 4.54. The van der Waals surface area contributed by atoms with E-state index in [-0.39, 0.29) is 11.6 Å². The number of methoxy groups -OCH3 is 1. The number of carbonyl (C=O) groups is 2. The number of nitrogens with one attached hydrogen (secondary N) is 1. The average Bonchev–Trinajstić information content (AvgIpc) is 2.68. The number of carbonyl (C=O) groups excluding carboxylic acids is 2. The SMILES string of the molecule is COC(=O)c1ccc(NC(=O)c2cnc(N3CCC(C)CC3)cn2)cc1. The second-order valence-electron chi connectivity index (χ2n) is 6.45. The van der Waals surface area contributed by atoms with Gasteiger partial charge >= 0.3 is 5.97 Å². The molecule has 1 aliphatic heterocycles. The summed E-state index contributed by atoms with van der Waals surface area (Å²) in [4.78, 5) is 34.5. The quantitative estimate of drug-likeness (QED) is 0.850. The van der Waals surface area contributed by atoms with Crippen molar-refractivity contribution in [2.24, 2.45) is 5.92 Å². The van der Waals surface area contributed by atoms with Gasteiger partial charge in [0.15, 0.2) is 0 Å². The molecule has 0 bridgehead atoms. The summed E-state index contributed by atoms with van der Waals surface area (Å²) < 4.78 is 4.65. The van der Waals surface area contributed by atoms with Crippen LogP contribution in [-0.4, -0.2) is 42.0 Å². The van der Waals surface area contributed by atoms with Gasteiger partial charge < -0.3 is 15.0 Å². The van der Waals surface area contributed by atoms with E-state index in [1.54, 1.807) is 30.5 Å². The summed E-state index contributed by atoms with van der Waals surface area (Å²) >= 11 is 0. The Labute approximate surface area is 152 Å². The van der Waals surface area contributed by atoms with Crippen LogP contribution in [0, 0.1) is 5.92 Å². The van der Waals surface area contributed by atoms with E-state index in [4.69, 9.17) is 0 Å². The third-order valence-corrected chi connectivity index (χ3v) is 4.54. The predicted octanol–water partition coefficient (Wildman–Crippen LogP) is 2.75. The highest BCUT2D eigenvalue weighted by Gasteiger charge is 2.18. The number of nitrogens with zero attached hydrogens (tertiary/aromatic N) is 3. The van der Waals surface area contributed by atoms with Crippen LogP contribution in [0.2, 0.25) is 0 Å². The van der Waals surface area contributed by atoms with Crippen molar-refractivity contribution in [3.63, 3.8) is 0 Å². The van der Waals surface area contributed by atoms with E-state index >= 15 is 0 Å². The van der Waals surface area contributed by atoms with E-state index in [9.17, 15) is 9.59 Å². The van der Waals surface area contributed by atoms with E-state index in [1.807, 2.05) is 0 Å². The zero-order valence-corrected chi connectivity index (χ0v) is 14.9. The number of ether oxygens (including phenoxy) is 1. The molecule has 7 heteroatoms. The normalized spacial score (nSPS) is 14.8. The maximum Gasteiger partial charge on any atom is 0.337 e. The summed E-state index contributed by atoms with van der Waals surface area (Å²) in [5.74, 6) is 0.782. The molecule has 1 aromatic carbocycles. The largest absolute Gasteiger partial charge is 0.465 e. The lowest BCUT2D eigenvalue weighted by atomic mass is 9.99. The fraction of sp³-hybridized carbons (Fsp3) is 0.368. The molecule has 3 rings (SSSR count). The summed E-state index contributed by atoms with van der Waals surface area (Å²) in [5, 5.41) is 2.74. The van der Waals surface area contributed by atoms with E-state index in [0.717, 1.165) is 37.7 Å². The molecule has 0 radical (unpaired) electrons. The molecule has 1 fully saturated rings. The van der Waals surface area contributed by atoms with Gasteiger partial charge in [-0.15, -0.1) is 0 Å². The Hall–Kier alpha value is -2.96. The smallest absolute Gasteiger partial charge is 0.337 e. The van der Waals surface area contributed by atoms with E-state index < -0.39 is 5.97 Å². The number of esters is 1. The fourth-order valence-corrected chi connectivity index (χ4v) is 2.84. The van der Waals surface area contributed by atoms with Gasteiger partial charge in [-0.05, 0) is 43.0 Å². The Morgan fingerprint density at radius 1 is 1.12 bits per heavy atom. The van der Waals surface area contributed by atoms with E-state index in [2.05, 4.69) is 31.8 Å². The highest BCUT2D eigenvalue weighted by atomic mass is 16.5. The lowest BCUT2D eigenvalue weighted by Gasteiger charge is -2.30. The van der Waals surface area contributed by atoms with Gasteiger partial charge in [-0.3, -0.25) is 4.79 Å². The van der Waals surface area contributed by atoms with Crippen LogP contribution in [0.4, 0.5) is 11.5 Å². The second kappa shape index (κ2) is 7.95. The van der Waals surface area contributed by atoms with Gasteiger partial charge in [-0.1, -0.05) is 6.92 Å². The van der Waals surface area contributed by atoms with Crippen molar-refractivity contribution in [2.75, 3.05) is 30.4 Å². The first-order valence-corrected chi connectivity index (χ1v) is 8.63. The molecule has 136 valence electrons. The Balaban J connectivity index is 1.62. The Kier molecular flexibility index (Phi) is 5.46. The molecule has 0 spiro atoms. The molecule has 2 heterocycles. The number of rotatable bonds is 4. The topological polar surface area (TPSA) is 84.4 Å². The summed E-state index contributed by atoms with van der Waals surface area (Å²) in [5.41, 5.74) is 1.24. The lowest BCUT2D eigenvalue weighted by molar-refractivity contribution is 0.0600. The monoisotopic (exact) mass is 354 g/mol. The van der Waals surface area contributed by atoms with Crippen molar-refractivity contribution >= 4 is 23.4 Å². The maximum absolute atomic E-state index is 12.3. The van der Waals surface area contributed by atoms with Gasteiger partial charge in [-0.2, -0.15) is 0 Å². The molecular weight excluding hydrogens is 332 g/mol. The van der Waals surface area contributed by atoms with Gasteiger partial charge in [0.05, 0.1) is 25.1 Å². The minimum atomic E-state index is -0.420. The molecule has 1 aromatic heterocycles. The van der Waals surface area contributed by atoms with Crippen LogP contribution in [0.1, 0.15) is 40.6 Å².